The fourth-order valence-corrected chi connectivity index (χ4v) is 4.11. The van der Waals surface area contributed by atoms with Gasteiger partial charge in [-0.1, -0.05) is 23.7 Å². The molecule has 1 fully saturated rings. The molecule has 7 heteroatoms. The molecule has 0 aliphatic carbocycles. The maximum atomic E-state index is 11.6. The van der Waals surface area contributed by atoms with E-state index in [1.165, 1.54) is 16.1 Å². The molecule has 1 aliphatic heterocycles. The van der Waals surface area contributed by atoms with Crippen LogP contribution < -0.4 is 9.04 Å². The Bertz CT molecular complexity index is 887. The zero-order valence-electron chi connectivity index (χ0n) is 16.3. The molecule has 1 aliphatic rings. The van der Waals surface area contributed by atoms with Crippen molar-refractivity contribution in [3.63, 3.8) is 0 Å². The number of hydrogen-bond donors (Lipinski definition) is 0. The molecular formula is C21H27ClN2O3S. The van der Waals surface area contributed by atoms with Crippen molar-refractivity contribution >= 4 is 27.3 Å². The highest BCUT2D eigenvalue weighted by Crippen LogP contribution is 2.23. The lowest BCUT2D eigenvalue weighted by atomic mass is 10.1. The highest BCUT2D eigenvalue weighted by molar-refractivity contribution is 7.92. The highest BCUT2D eigenvalue weighted by Gasteiger charge is 2.22. The first-order valence-electron chi connectivity index (χ1n) is 9.45. The average Bonchev–Trinajstić information content (AvgIpc) is 3.12. The van der Waals surface area contributed by atoms with Crippen molar-refractivity contribution in [2.45, 2.75) is 12.8 Å². The van der Waals surface area contributed by atoms with Crippen LogP contribution in [0.1, 0.15) is 12.0 Å². The molecule has 1 atom stereocenters. The van der Waals surface area contributed by atoms with Crippen LogP contribution in [0, 0.1) is 5.92 Å². The van der Waals surface area contributed by atoms with Crippen molar-refractivity contribution in [1.29, 1.82) is 0 Å². The molecular weight excluding hydrogens is 396 g/mol. The van der Waals surface area contributed by atoms with Gasteiger partial charge in [-0.15, -0.1) is 0 Å². The summed E-state index contributed by atoms with van der Waals surface area (Å²) in [6.07, 6.45) is 3.32. The van der Waals surface area contributed by atoms with E-state index in [9.17, 15) is 8.42 Å². The Labute approximate surface area is 172 Å². The molecule has 0 N–H and O–H groups in total. The quantitative estimate of drug-likeness (QED) is 0.651. The summed E-state index contributed by atoms with van der Waals surface area (Å²) >= 11 is 6.05. The van der Waals surface area contributed by atoms with E-state index in [0.717, 1.165) is 43.2 Å². The Morgan fingerprint density at radius 1 is 1.21 bits per heavy atom. The van der Waals surface area contributed by atoms with Gasteiger partial charge >= 0.3 is 0 Å². The van der Waals surface area contributed by atoms with Gasteiger partial charge < -0.3 is 9.64 Å². The fourth-order valence-electron chi connectivity index (χ4n) is 3.39. The van der Waals surface area contributed by atoms with Gasteiger partial charge in [0.05, 0.1) is 18.6 Å². The van der Waals surface area contributed by atoms with Crippen molar-refractivity contribution in [2.75, 3.05) is 43.8 Å². The Kier molecular flexibility index (Phi) is 6.86. The number of anilines is 1. The summed E-state index contributed by atoms with van der Waals surface area (Å²) in [6.45, 7) is 3.83. The molecule has 3 rings (SSSR count). The summed E-state index contributed by atoms with van der Waals surface area (Å²) in [5, 5.41) is 0.791. The topological polar surface area (TPSA) is 49.9 Å². The largest absolute Gasteiger partial charge is 0.493 e. The molecule has 0 saturated carbocycles. The van der Waals surface area contributed by atoms with Crippen LogP contribution in [0.25, 0.3) is 0 Å². The lowest BCUT2D eigenvalue weighted by Crippen LogP contribution is -2.25. The molecule has 0 aromatic heterocycles. The molecule has 152 valence electrons. The van der Waals surface area contributed by atoms with Crippen molar-refractivity contribution in [1.82, 2.24) is 4.90 Å². The molecule has 5 nitrogen and oxygen atoms in total. The second-order valence-corrected chi connectivity index (χ2v) is 9.82. The predicted octanol–water partition coefficient (Wildman–Crippen LogP) is 3.68. The van der Waals surface area contributed by atoms with Gasteiger partial charge in [-0.3, -0.25) is 4.31 Å². The minimum atomic E-state index is -3.25. The van der Waals surface area contributed by atoms with Gasteiger partial charge in [0.1, 0.15) is 5.75 Å². The van der Waals surface area contributed by atoms with E-state index < -0.39 is 10.0 Å². The third kappa shape index (κ3) is 5.87. The Balaban J connectivity index is 1.43. The third-order valence-electron chi connectivity index (χ3n) is 5.16. The van der Waals surface area contributed by atoms with Crippen molar-refractivity contribution < 1.29 is 13.2 Å². The van der Waals surface area contributed by atoms with Crippen LogP contribution in [0.5, 0.6) is 5.75 Å². The first-order chi connectivity index (χ1) is 13.3. The summed E-state index contributed by atoms with van der Waals surface area (Å²) in [4.78, 5) is 2.47. The number of benzene rings is 2. The van der Waals surface area contributed by atoms with E-state index in [1.54, 1.807) is 19.2 Å². The van der Waals surface area contributed by atoms with Crippen molar-refractivity contribution in [2.24, 2.45) is 5.92 Å². The molecule has 2 aromatic carbocycles. The maximum Gasteiger partial charge on any atom is 0.231 e. The summed E-state index contributed by atoms with van der Waals surface area (Å²) in [5.74, 6) is 1.28. The number of halogens is 1. The number of sulfonamides is 1. The second-order valence-electron chi connectivity index (χ2n) is 7.37. The number of rotatable bonds is 8. The van der Waals surface area contributed by atoms with Crippen LogP contribution >= 0.6 is 11.6 Å². The molecule has 0 bridgehead atoms. The molecule has 1 saturated heterocycles. The van der Waals surface area contributed by atoms with E-state index in [-0.39, 0.29) is 0 Å². The van der Waals surface area contributed by atoms with Crippen LogP contribution in [0.15, 0.2) is 48.5 Å². The van der Waals surface area contributed by atoms with Gasteiger partial charge in [0.2, 0.25) is 10.0 Å². The first kappa shape index (κ1) is 21.0. The van der Waals surface area contributed by atoms with Gasteiger partial charge in [-0.25, -0.2) is 8.42 Å². The van der Waals surface area contributed by atoms with Gasteiger partial charge in [0.15, 0.2) is 0 Å². The minimum Gasteiger partial charge on any atom is -0.493 e. The van der Waals surface area contributed by atoms with Crippen LogP contribution in [-0.2, 0) is 16.4 Å². The highest BCUT2D eigenvalue weighted by atomic mass is 35.5. The van der Waals surface area contributed by atoms with Crippen LogP contribution in [-0.4, -0.2) is 52.9 Å². The van der Waals surface area contributed by atoms with Gasteiger partial charge in [0, 0.05) is 31.1 Å². The zero-order valence-corrected chi connectivity index (χ0v) is 17.9. The Morgan fingerprint density at radius 3 is 2.64 bits per heavy atom. The lowest BCUT2D eigenvalue weighted by Gasteiger charge is -2.18. The summed E-state index contributed by atoms with van der Waals surface area (Å²) in [7, 11) is -1.71. The summed E-state index contributed by atoms with van der Waals surface area (Å²) in [6, 6.07) is 15.2. The number of hydrogen-bond acceptors (Lipinski definition) is 4. The van der Waals surface area contributed by atoms with Crippen molar-refractivity contribution in [3.8, 4) is 5.75 Å². The molecule has 28 heavy (non-hydrogen) atoms. The predicted molar refractivity (Wildman–Crippen MR) is 115 cm³/mol. The van der Waals surface area contributed by atoms with Gasteiger partial charge in [-0.2, -0.15) is 0 Å². The standard InChI is InChI=1S/C21H27ClN2O3S/c1-23(28(2,25)26)20-6-8-21(9-7-20)27-16-18-11-13-24(15-18)12-10-17-4-3-5-19(22)14-17/h3-9,14,18H,10-13,15-16H2,1-2H3/t18-/m0/s1. The van der Waals surface area contributed by atoms with E-state index >= 15 is 0 Å². The Hall–Kier alpha value is -1.76. The number of likely N-dealkylation sites (tertiary alicyclic amines) is 1. The fraction of sp³-hybridized carbons (Fsp3) is 0.429. The first-order valence-corrected chi connectivity index (χ1v) is 11.7. The van der Waals surface area contributed by atoms with E-state index in [1.807, 2.05) is 30.3 Å². The van der Waals surface area contributed by atoms with E-state index in [2.05, 4.69) is 11.0 Å². The van der Waals surface area contributed by atoms with Gasteiger partial charge in [-0.05, 0) is 61.3 Å². The van der Waals surface area contributed by atoms with Crippen LogP contribution in [0.3, 0.4) is 0 Å². The third-order valence-corrected chi connectivity index (χ3v) is 6.60. The normalized spacial score (nSPS) is 17.6. The number of nitrogens with zero attached hydrogens (tertiary/aromatic N) is 2. The van der Waals surface area contributed by atoms with Gasteiger partial charge in [0.25, 0.3) is 0 Å². The average molecular weight is 423 g/mol. The van der Waals surface area contributed by atoms with Crippen LogP contribution in [0.4, 0.5) is 5.69 Å². The lowest BCUT2D eigenvalue weighted by molar-refractivity contribution is 0.241. The van der Waals surface area contributed by atoms with E-state index in [0.29, 0.717) is 18.2 Å². The monoisotopic (exact) mass is 422 g/mol. The summed E-state index contributed by atoms with van der Waals surface area (Å²) in [5.41, 5.74) is 1.90. The Morgan fingerprint density at radius 2 is 1.96 bits per heavy atom. The van der Waals surface area contributed by atoms with Crippen LogP contribution in [0.2, 0.25) is 5.02 Å². The molecule has 2 aromatic rings. The smallest absolute Gasteiger partial charge is 0.231 e. The molecule has 0 radical (unpaired) electrons. The molecule has 1 heterocycles. The summed E-state index contributed by atoms with van der Waals surface area (Å²) < 4.78 is 30.4. The maximum absolute atomic E-state index is 11.6. The van der Waals surface area contributed by atoms with E-state index in [4.69, 9.17) is 16.3 Å². The van der Waals surface area contributed by atoms with Crippen molar-refractivity contribution in [3.05, 3.63) is 59.1 Å². The second kappa shape index (κ2) is 9.16. The minimum absolute atomic E-state index is 0.512. The zero-order chi connectivity index (χ0) is 20.1. The number of ether oxygens (including phenoxy) is 1. The molecule has 0 spiro atoms. The SMILES string of the molecule is CN(c1ccc(OC[C@H]2CCN(CCc3cccc(Cl)c3)C2)cc1)S(C)(=O)=O. The molecule has 0 amide bonds. The molecule has 0 unspecified atom stereocenters.